The Hall–Kier alpha value is -2.84. The predicted molar refractivity (Wildman–Crippen MR) is 87.0 cm³/mol. The molecule has 0 aliphatic heterocycles. The molecular weight excluding hydrogens is 332 g/mol. The molecular formula is C16H20N2O7. The average Bonchev–Trinajstić information content (AvgIpc) is 3.03. The molecule has 9 nitrogen and oxygen atoms in total. The Morgan fingerprint density at radius 3 is 2.60 bits per heavy atom. The highest BCUT2D eigenvalue weighted by Gasteiger charge is 2.32. The maximum absolute atomic E-state index is 12.5. The zero-order valence-corrected chi connectivity index (χ0v) is 14.0. The van der Waals surface area contributed by atoms with Gasteiger partial charge in [-0.2, -0.15) is 0 Å². The number of carboxylic acid groups (broad SMARTS) is 1. The van der Waals surface area contributed by atoms with Gasteiger partial charge in [-0.15, -0.1) is 0 Å². The van der Waals surface area contributed by atoms with E-state index in [4.69, 9.17) is 14.6 Å². The second kappa shape index (κ2) is 7.82. The Morgan fingerprint density at radius 1 is 1.36 bits per heavy atom. The van der Waals surface area contributed by atoms with Gasteiger partial charge in [-0.25, -0.2) is 0 Å². The van der Waals surface area contributed by atoms with Gasteiger partial charge in [0, 0.05) is 12.1 Å². The molecule has 2 rings (SSSR count). The van der Waals surface area contributed by atoms with Gasteiger partial charge in [-0.1, -0.05) is 0 Å². The summed E-state index contributed by atoms with van der Waals surface area (Å²) in [5, 5.41) is 23.0. The second-order valence-corrected chi connectivity index (χ2v) is 5.73. The highest BCUT2D eigenvalue weighted by molar-refractivity contribution is 5.99. The van der Waals surface area contributed by atoms with E-state index in [0.717, 1.165) is 6.07 Å². The molecule has 1 amide bonds. The number of nitro groups is 1. The van der Waals surface area contributed by atoms with Crippen LogP contribution < -0.4 is 14.8 Å². The fourth-order valence-electron chi connectivity index (χ4n) is 2.91. The summed E-state index contributed by atoms with van der Waals surface area (Å²) in [5.74, 6) is -1.64. The lowest BCUT2D eigenvalue weighted by atomic mass is 10.1. The maximum Gasteiger partial charge on any atom is 0.306 e. The molecule has 1 fully saturated rings. The largest absolute Gasteiger partial charge is 0.493 e. The number of nitrogens with zero attached hydrogens (tertiary/aromatic N) is 1. The molecule has 9 heteroatoms. The molecule has 1 aliphatic rings. The summed E-state index contributed by atoms with van der Waals surface area (Å²) >= 11 is 0. The van der Waals surface area contributed by atoms with Crippen molar-refractivity contribution in [2.75, 3.05) is 13.7 Å². The van der Waals surface area contributed by atoms with Gasteiger partial charge in [0.05, 0.1) is 30.6 Å². The third-order valence-electron chi connectivity index (χ3n) is 4.14. The van der Waals surface area contributed by atoms with Crippen LogP contribution in [0.1, 0.15) is 36.5 Å². The molecule has 1 aromatic rings. The molecule has 0 aromatic heterocycles. The highest BCUT2D eigenvalue weighted by atomic mass is 16.6. The van der Waals surface area contributed by atoms with Crippen LogP contribution in [0.3, 0.4) is 0 Å². The van der Waals surface area contributed by atoms with Crippen LogP contribution in [0.2, 0.25) is 0 Å². The van der Waals surface area contributed by atoms with Gasteiger partial charge in [-0.3, -0.25) is 19.7 Å². The van der Waals surface area contributed by atoms with Gasteiger partial charge >= 0.3 is 5.97 Å². The van der Waals surface area contributed by atoms with Crippen molar-refractivity contribution >= 4 is 17.6 Å². The monoisotopic (exact) mass is 352 g/mol. The minimum absolute atomic E-state index is 0.149. The lowest BCUT2D eigenvalue weighted by Crippen LogP contribution is -2.33. The first-order valence-corrected chi connectivity index (χ1v) is 7.90. The van der Waals surface area contributed by atoms with Crippen molar-refractivity contribution in [1.29, 1.82) is 0 Å². The predicted octanol–water partition coefficient (Wildman–Crippen LogP) is 1.99. The van der Waals surface area contributed by atoms with Gasteiger partial charge in [0.25, 0.3) is 11.6 Å². The minimum atomic E-state index is -0.898. The second-order valence-electron chi connectivity index (χ2n) is 5.73. The Labute approximate surface area is 144 Å². The van der Waals surface area contributed by atoms with E-state index in [2.05, 4.69) is 5.32 Å². The summed E-state index contributed by atoms with van der Waals surface area (Å²) in [7, 11) is 1.37. The van der Waals surface area contributed by atoms with Crippen molar-refractivity contribution < 1.29 is 29.1 Å². The Bertz CT molecular complexity index is 689. The van der Waals surface area contributed by atoms with Crippen LogP contribution in [-0.4, -0.2) is 41.7 Å². The number of aliphatic carboxylic acids is 1. The maximum atomic E-state index is 12.5. The van der Waals surface area contributed by atoms with Crippen molar-refractivity contribution in [3.05, 3.63) is 27.8 Å². The van der Waals surface area contributed by atoms with Crippen molar-refractivity contribution in [1.82, 2.24) is 5.32 Å². The molecule has 1 aliphatic carbocycles. The number of carboxylic acids is 1. The Kier molecular flexibility index (Phi) is 5.79. The zero-order valence-electron chi connectivity index (χ0n) is 14.0. The number of methoxy groups -OCH3 is 1. The number of amides is 1. The van der Waals surface area contributed by atoms with E-state index in [-0.39, 0.29) is 29.7 Å². The number of carbonyl (C=O) groups is 2. The number of nitro benzene ring substituents is 1. The van der Waals surface area contributed by atoms with Crippen molar-refractivity contribution in [3.8, 4) is 11.5 Å². The third-order valence-corrected chi connectivity index (χ3v) is 4.14. The van der Waals surface area contributed by atoms with E-state index in [0.29, 0.717) is 19.3 Å². The number of nitrogens with one attached hydrogen (secondary N) is 1. The topological polar surface area (TPSA) is 128 Å². The van der Waals surface area contributed by atoms with Gasteiger partial charge < -0.3 is 19.9 Å². The van der Waals surface area contributed by atoms with Gasteiger partial charge in [0.15, 0.2) is 11.5 Å². The number of benzene rings is 1. The molecule has 0 bridgehead atoms. The van der Waals surface area contributed by atoms with E-state index < -0.39 is 28.4 Å². The lowest BCUT2D eigenvalue weighted by molar-refractivity contribution is -0.385. The van der Waals surface area contributed by atoms with E-state index in [1.165, 1.54) is 13.2 Å². The number of ether oxygens (including phenoxy) is 2. The summed E-state index contributed by atoms with van der Waals surface area (Å²) in [6.07, 6.45) is 1.29. The molecule has 1 aromatic carbocycles. The number of hydrogen-bond acceptors (Lipinski definition) is 6. The molecule has 0 saturated heterocycles. The van der Waals surface area contributed by atoms with Crippen molar-refractivity contribution in [2.24, 2.45) is 5.92 Å². The molecule has 2 N–H and O–H groups in total. The van der Waals surface area contributed by atoms with Gasteiger partial charge in [-0.05, 0) is 26.2 Å². The SMILES string of the molecule is CCOc1cc([N+](=O)[O-])c(C(=O)N[C@H]2CC[C@@H](C(=O)O)C2)cc1OC. The van der Waals surface area contributed by atoms with Crippen molar-refractivity contribution in [2.45, 2.75) is 32.2 Å². The molecule has 0 unspecified atom stereocenters. The first-order chi connectivity index (χ1) is 11.9. The summed E-state index contributed by atoms with van der Waals surface area (Å²) < 4.78 is 10.4. The fourth-order valence-corrected chi connectivity index (χ4v) is 2.91. The van der Waals surface area contributed by atoms with Crippen LogP contribution in [0.4, 0.5) is 5.69 Å². The van der Waals surface area contributed by atoms with E-state index >= 15 is 0 Å². The zero-order chi connectivity index (χ0) is 18.6. The van der Waals surface area contributed by atoms with Crippen LogP contribution in [0, 0.1) is 16.0 Å². The van der Waals surface area contributed by atoms with Gasteiger partial charge in [0.2, 0.25) is 0 Å². The third kappa shape index (κ3) is 4.17. The molecule has 0 spiro atoms. The molecule has 0 heterocycles. The summed E-state index contributed by atoms with van der Waals surface area (Å²) in [6.45, 7) is 2.02. The van der Waals surface area contributed by atoms with E-state index in [9.17, 15) is 19.7 Å². The van der Waals surface area contributed by atoms with E-state index in [1.807, 2.05) is 0 Å². The number of hydrogen-bond donors (Lipinski definition) is 2. The van der Waals surface area contributed by atoms with Crippen LogP contribution in [0.15, 0.2) is 12.1 Å². The van der Waals surface area contributed by atoms with E-state index in [1.54, 1.807) is 6.92 Å². The van der Waals surface area contributed by atoms with Crippen LogP contribution >= 0.6 is 0 Å². The first-order valence-electron chi connectivity index (χ1n) is 7.90. The molecule has 25 heavy (non-hydrogen) atoms. The summed E-state index contributed by atoms with van der Waals surface area (Å²) in [6, 6.07) is 2.10. The molecule has 0 radical (unpaired) electrons. The van der Waals surface area contributed by atoms with Gasteiger partial charge in [0.1, 0.15) is 5.56 Å². The fraction of sp³-hybridized carbons (Fsp3) is 0.500. The van der Waals surface area contributed by atoms with Crippen LogP contribution in [0.5, 0.6) is 11.5 Å². The van der Waals surface area contributed by atoms with Crippen LogP contribution in [-0.2, 0) is 4.79 Å². The van der Waals surface area contributed by atoms with Crippen LogP contribution in [0.25, 0.3) is 0 Å². The first kappa shape index (κ1) is 18.5. The minimum Gasteiger partial charge on any atom is -0.493 e. The molecule has 2 atom stereocenters. The summed E-state index contributed by atoms with van der Waals surface area (Å²) in [5.41, 5.74) is -0.543. The standard InChI is InChI=1S/C16H20N2O7/c1-3-25-14-8-12(18(22)23)11(7-13(14)24-2)15(19)17-10-5-4-9(6-10)16(20)21/h7-10H,3-6H2,1-2H3,(H,17,19)(H,20,21)/t9-,10+/m1/s1. The average molecular weight is 352 g/mol. The highest BCUT2D eigenvalue weighted by Crippen LogP contribution is 2.35. The number of carbonyl (C=O) groups excluding carboxylic acids is 1. The molecule has 136 valence electrons. The van der Waals surface area contributed by atoms with Crippen molar-refractivity contribution in [3.63, 3.8) is 0 Å². The Morgan fingerprint density at radius 2 is 2.08 bits per heavy atom. The quantitative estimate of drug-likeness (QED) is 0.567. The lowest BCUT2D eigenvalue weighted by Gasteiger charge is -2.15. The molecule has 1 saturated carbocycles. The summed E-state index contributed by atoms with van der Waals surface area (Å²) in [4.78, 5) is 34.1. The number of rotatable bonds is 7. The normalized spacial score (nSPS) is 19.3. The smallest absolute Gasteiger partial charge is 0.306 e. The Balaban J connectivity index is 2.26.